The molecule has 1 aliphatic heterocycles. The molecule has 1 heterocycles. The van der Waals surface area contributed by atoms with Crippen molar-refractivity contribution < 1.29 is 45.0 Å². The number of ether oxygens (including phenoxy) is 3. The van der Waals surface area contributed by atoms with Gasteiger partial charge in [-0.25, -0.2) is 0 Å². The summed E-state index contributed by atoms with van der Waals surface area (Å²) >= 11 is 0. The van der Waals surface area contributed by atoms with E-state index in [0.717, 1.165) is 5.56 Å². The van der Waals surface area contributed by atoms with Gasteiger partial charge in [0.25, 0.3) is 0 Å². The third-order valence-electron chi connectivity index (χ3n) is 5.31. The summed E-state index contributed by atoms with van der Waals surface area (Å²) in [5, 5.41) is 62.9. The lowest BCUT2D eigenvalue weighted by atomic mass is 9.98. The number of phenols is 1. The van der Waals surface area contributed by atoms with Crippen molar-refractivity contribution in [2.45, 2.75) is 43.5 Å². The van der Waals surface area contributed by atoms with E-state index >= 15 is 0 Å². The van der Waals surface area contributed by atoms with Crippen LogP contribution in [0.4, 0.5) is 0 Å². The van der Waals surface area contributed by atoms with Gasteiger partial charge in [-0.05, 0) is 42.7 Å². The number of benzene rings is 2. The van der Waals surface area contributed by atoms with Crippen molar-refractivity contribution in [3.63, 3.8) is 0 Å². The number of aliphatic hydroxyl groups is 4. The molecule has 0 unspecified atom stereocenters. The van der Waals surface area contributed by atoms with E-state index in [2.05, 4.69) is 5.16 Å². The molecule has 2 aromatic rings. The summed E-state index contributed by atoms with van der Waals surface area (Å²) in [5.74, 6) is 0.507. The van der Waals surface area contributed by atoms with Crippen LogP contribution >= 0.6 is 0 Å². The minimum Gasteiger partial charge on any atom is -0.507 e. The molecule has 6 N–H and O–H groups in total. The van der Waals surface area contributed by atoms with Crippen molar-refractivity contribution in [3.05, 3.63) is 53.6 Å². The van der Waals surface area contributed by atoms with Crippen LogP contribution in [0.25, 0.3) is 0 Å². The predicted octanol–water partition coefficient (Wildman–Crippen LogP) is 0.391. The Labute approximate surface area is 184 Å². The number of hydrogen-bond acceptors (Lipinski definition) is 10. The first kappa shape index (κ1) is 23.8. The molecule has 174 valence electrons. The molecule has 5 atom stereocenters. The lowest BCUT2D eigenvalue weighted by molar-refractivity contribution is -0.277. The largest absolute Gasteiger partial charge is 0.507 e. The summed E-state index contributed by atoms with van der Waals surface area (Å²) in [5.41, 5.74) is 1.15. The molecule has 10 heteroatoms. The number of hydrogen-bond donors (Lipinski definition) is 6. The second kappa shape index (κ2) is 10.6. The van der Waals surface area contributed by atoms with Gasteiger partial charge in [-0.3, -0.25) is 0 Å². The SMILES string of the molecule is COc1ccc(CC/C(=N\O)c2c(O)cccc2O[C@@H]2O[C@H](CO)[C@@H](O)[C@H](O)[C@H]2O)cc1. The van der Waals surface area contributed by atoms with E-state index in [0.29, 0.717) is 12.2 Å². The molecule has 2 aromatic carbocycles. The van der Waals surface area contributed by atoms with Gasteiger partial charge < -0.3 is 45.0 Å². The van der Waals surface area contributed by atoms with Crippen LogP contribution in [0.5, 0.6) is 17.2 Å². The average molecular weight is 449 g/mol. The number of nitrogens with zero attached hydrogens (tertiary/aromatic N) is 1. The van der Waals surface area contributed by atoms with Crippen molar-refractivity contribution in [1.29, 1.82) is 0 Å². The Kier molecular flexibility index (Phi) is 7.89. The van der Waals surface area contributed by atoms with Crippen LogP contribution in [-0.2, 0) is 11.2 Å². The van der Waals surface area contributed by atoms with Crippen molar-refractivity contribution in [1.82, 2.24) is 0 Å². The Morgan fingerprint density at radius 3 is 2.38 bits per heavy atom. The van der Waals surface area contributed by atoms with Gasteiger partial charge in [-0.15, -0.1) is 0 Å². The molecule has 0 bridgehead atoms. The molecular weight excluding hydrogens is 422 g/mol. The van der Waals surface area contributed by atoms with Gasteiger partial charge >= 0.3 is 0 Å². The standard InChI is InChI=1S/C22H27NO9/c1-30-13-8-5-12(6-9-13)7-10-14(23-29)18-15(25)3-2-4-16(18)31-22-21(28)20(27)19(26)17(11-24)32-22/h2-6,8-9,17,19-22,24-29H,7,10-11H2,1H3/b23-14+/t17-,19-,20+,21-,22-/m1/s1. The topological polar surface area (TPSA) is 161 Å². The Hall–Kier alpha value is -2.89. The molecule has 3 rings (SSSR count). The van der Waals surface area contributed by atoms with E-state index in [1.165, 1.54) is 18.2 Å². The fraction of sp³-hybridized carbons (Fsp3) is 0.409. The van der Waals surface area contributed by atoms with E-state index in [1.807, 2.05) is 12.1 Å². The first-order valence-corrected chi connectivity index (χ1v) is 10.0. The molecule has 0 aromatic heterocycles. The van der Waals surface area contributed by atoms with Crippen LogP contribution in [0, 0.1) is 0 Å². The summed E-state index contributed by atoms with van der Waals surface area (Å²) in [6, 6.07) is 11.7. The van der Waals surface area contributed by atoms with Crippen LogP contribution in [-0.4, -0.2) is 80.9 Å². The summed E-state index contributed by atoms with van der Waals surface area (Å²) < 4.78 is 16.2. The van der Waals surface area contributed by atoms with Crippen molar-refractivity contribution >= 4 is 5.71 Å². The molecule has 1 fully saturated rings. The zero-order valence-electron chi connectivity index (χ0n) is 17.4. The van der Waals surface area contributed by atoms with Gasteiger partial charge in [0, 0.05) is 0 Å². The molecule has 0 saturated carbocycles. The maximum atomic E-state index is 10.4. The highest BCUT2D eigenvalue weighted by Gasteiger charge is 2.45. The minimum atomic E-state index is -1.63. The number of phenolic OH excluding ortho intramolecular Hbond substituents is 1. The summed E-state index contributed by atoms with van der Waals surface area (Å²) in [7, 11) is 1.57. The van der Waals surface area contributed by atoms with E-state index < -0.39 is 37.3 Å². The minimum absolute atomic E-state index is 0.0249. The number of methoxy groups -OCH3 is 1. The quantitative estimate of drug-likeness (QED) is 0.190. The Morgan fingerprint density at radius 2 is 1.75 bits per heavy atom. The number of oxime groups is 1. The monoisotopic (exact) mass is 449 g/mol. The predicted molar refractivity (Wildman–Crippen MR) is 112 cm³/mol. The third kappa shape index (κ3) is 5.12. The van der Waals surface area contributed by atoms with E-state index in [4.69, 9.17) is 14.2 Å². The smallest absolute Gasteiger partial charge is 0.229 e. The molecule has 0 spiro atoms. The molecule has 1 saturated heterocycles. The van der Waals surface area contributed by atoms with E-state index in [1.54, 1.807) is 19.2 Å². The maximum Gasteiger partial charge on any atom is 0.229 e. The van der Waals surface area contributed by atoms with Crippen molar-refractivity contribution in [2.24, 2.45) is 5.16 Å². The fourth-order valence-electron chi connectivity index (χ4n) is 3.48. The van der Waals surface area contributed by atoms with Crippen LogP contribution in [0.3, 0.4) is 0 Å². The highest BCUT2D eigenvalue weighted by atomic mass is 16.7. The molecule has 0 amide bonds. The van der Waals surface area contributed by atoms with Gasteiger partial charge in [0.05, 0.1) is 25.0 Å². The molecule has 0 aliphatic carbocycles. The Balaban J connectivity index is 1.81. The second-order valence-electron chi connectivity index (χ2n) is 7.36. The van der Waals surface area contributed by atoms with Gasteiger partial charge in [-0.1, -0.05) is 23.4 Å². The average Bonchev–Trinajstić information content (AvgIpc) is 2.81. The molecule has 0 radical (unpaired) electrons. The summed E-state index contributed by atoms with van der Waals surface area (Å²) in [6.45, 7) is -0.608. The number of aliphatic hydroxyl groups excluding tert-OH is 4. The third-order valence-corrected chi connectivity index (χ3v) is 5.31. The summed E-state index contributed by atoms with van der Waals surface area (Å²) in [4.78, 5) is 0. The van der Waals surface area contributed by atoms with Crippen molar-refractivity contribution in [2.75, 3.05) is 13.7 Å². The number of aromatic hydroxyl groups is 1. The maximum absolute atomic E-state index is 10.4. The van der Waals surface area contributed by atoms with Gasteiger partial charge in [0.15, 0.2) is 0 Å². The second-order valence-corrected chi connectivity index (χ2v) is 7.36. The van der Waals surface area contributed by atoms with Gasteiger partial charge in [0.2, 0.25) is 6.29 Å². The van der Waals surface area contributed by atoms with E-state index in [-0.39, 0.29) is 29.2 Å². The highest BCUT2D eigenvalue weighted by Crippen LogP contribution is 2.33. The van der Waals surface area contributed by atoms with Crippen LogP contribution < -0.4 is 9.47 Å². The van der Waals surface area contributed by atoms with Gasteiger partial charge in [0.1, 0.15) is 41.7 Å². The van der Waals surface area contributed by atoms with Crippen LogP contribution in [0.1, 0.15) is 17.5 Å². The Bertz CT molecular complexity index is 916. The van der Waals surface area contributed by atoms with Crippen molar-refractivity contribution in [3.8, 4) is 17.2 Å². The molecule has 1 aliphatic rings. The normalized spacial score (nSPS) is 26.0. The number of rotatable bonds is 8. The van der Waals surface area contributed by atoms with Gasteiger partial charge in [-0.2, -0.15) is 0 Å². The zero-order valence-corrected chi connectivity index (χ0v) is 17.4. The zero-order chi connectivity index (χ0) is 23.3. The van der Waals surface area contributed by atoms with E-state index in [9.17, 15) is 30.7 Å². The highest BCUT2D eigenvalue weighted by molar-refractivity contribution is 6.04. The molecule has 10 nitrogen and oxygen atoms in total. The molecular formula is C22H27NO9. The van der Waals surface area contributed by atoms with Crippen LogP contribution in [0.2, 0.25) is 0 Å². The molecule has 32 heavy (non-hydrogen) atoms. The Morgan fingerprint density at radius 1 is 1.03 bits per heavy atom. The lowest BCUT2D eigenvalue weighted by Crippen LogP contribution is -2.60. The van der Waals surface area contributed by atoms with Crippen LogP contribution in [0.15, 0.2) is 47.6 Å². The first-order valence-electron chi connectivity index (χ1n) is 10.0. The summed E-state index contributed by atoms with van der Waals surface area (Å²) in [6.07, 6.45) is -6.65. The number of aryl methyl sites for hydroxylation is 1. The lowest BCUT2D eigenvalue weighted by Gasteiger charge is -2.39. The fourth-order valence-corrected chi connectivity index (χ4v) is 3.48. The first-order chi connectivity index (χ1) is 15.4.